The van der Waals surface area contributed by atoms with Crippen LogP contribution in [-0.4, -0.2) is 0 Å². The van der Waals surface area contributed by atoms with E-state index in [1.165, 1.54) is 36.1 Å². The minimum absolute atomic E-state index is 0.342. The predicted octanol–water partition coefficient (Wildman–Crippen LogP) is 5.73. The summed E-state index contributed by atoms with van der Waals surface area (Å²) in [6, 6.07) is 11.2. The second-order valence-corrected chi connectivity index (χ2v) is 6.33. The van der Waals surface area contributed by atoms with Crippen molar-refractivity contribution in [1.29, 1.82) is 0 Å². The summed E-state index contributed by atoms with van der Waals surface area (Å²) in [6.45, 7) is 0.691. The summed E-state index contributed by atoms with van der Waals surface area (Å²) in [4.78, 5) is 0. The van der Waals surface area contributed by atoms with E-state index in [-0.39, 0.29) is 5.82 Å². The Balaban J connectivity index is 1.80. The summed E-state index contributed by atoms with van der Waals surface area (Å²) in [7, 11) is 0. The standard InChI is InChI=1S/C16H14BrClFN/c17-14-7-12(19)8-15(18)16(14)20-9-11-3-1-2-4-13(11)10-5-6-10/h1-4,7-8,10,20H,5-6,9H2. The Morgan fingerprint density at radius 1 is 1.25 bits per heavy atom. The molecule has 1 aliphatic rings. The molecule has 0 saturated heterocycles. The van der Waals surface area contributed by atoms with Gasteiger partial charge in [-0.05, 0) is 57.9 Å². The summed E-state index contributed by atoms with van der Waals surface area (Å²) in [5.74, 6) is 0.367. The van der Waals surface area contributed by atoms with Crippen LogP contribution in [0.1, 0.15) is 29.9 Å². The first-order valence-corrected chi connectivity index (χ1v) is 7.78. The quantitative estimate of drug-likeness (QED) is 0.739. The van der Waals surface area contributed by atoms with Crippen LogP contribution in [0.5, 0.6) is 0 Å². The van der Waals surface area contributed by atoms with Gasteiger partial charge in [0.1, 0.15) is 5.82 Å². The fourth-order valence-corrected chi connectivity index (χ4v) is 3.34. The third-order valence-electron chi connectivity index (χ3n) is 3.53. The van der Waals surface area contributed by atoms with E-state index in [0.29, 0.717) is 22.0 Å². The van der Waals surface area contributed by atoms with Crippen LogP contribution in [0.25, 0.3) is 0 Å². The van der Waals surface area contributed by atoms with Gasteiger partial charge in [-0.2, -0.15) is 0 Å². The highest BCUT2D eigenvalue weighted by molar-refractivity contribution is 9.10. The maximum absolute atomic E-state index is 13.2. The lowest BCUT2D eigenvalue weighted by Gasteiger charge is -2.13. The lowest BCUT2D eigenvalue weighted by Crippen LogP contribution is -2.03. The van der Waals surface area contributed by atoms with E-state index < -0.39 is 0 Å². The van der Waals surface area contributed by atoms with Crippen molar-refractivity contribution < 1.29 is 4.39 Å². The SMILES string of the molecule is Fc1cc(Cl)c(NCc2ccccc2C2CC2)c(Br)c1. The highest BCUT2D eigenvalue weighted by Crippen LogP contribution is 2.42. The van der Waals surface area contributed by atoms with Gasteiger partial charge >= 0.3 is 0 Å². The number of rotatable bonds is 4. The number of nitrogens with one attached hydrogen (secondary N) is 1. The molecule has 4 heteroatoms. The Kier molecular flexibility index (Phi) is 3.99. The zero-order valence-corrected chi connectivity index (χ0v) is 13.1. The van der Waals surface area contributed by atoms with Crippen LogP contribution in [0.3, 0.4) is 0 Å². The Morgan fingerprint density at radius 2 is 2.00 bits per heavy atom. The van der Waals surface area contributed by atoms with Crippen LogP contribution in [0, 0.1) is 5.82 Å². The van der Waals surface area contributed by atoms with Crippen molar-refractivity contribution in [1.82, 2.24) is 0 Å². The molecule has 2 aromatic carbocycles. The largest absolute Gasteiger partial charge is 0.379 e. The molecule has 0 heterocycles. The lowest BCUT2D eigenvalue weighted by atomic mass is 10.0. The van der Waals surface area contributed by atoms with E-state index in [0.717, 1.165) is 5.69 Å². The lowest BCUT2D eigenvalue weighted by molar-refractivity contribution is 0.627. The third kappa shape index (κ3) is 2.99. The van der Waals surface area contributed by atoms with Gasteiger partial charge in [-0.25, -0.2) is 4.39 Å². The topological polar surface area (TPSA) is 12.0 Å². The minimum atomic E-state index is -0.342. The summed E-state index contributed by atoms with van der Waals surface area (Å²) in [6.07, 6.45) is 2.55. The van der Waals surface area contributed by atoms with Gasteiger partial charge in [0.15, 0.2) is 0 Å². The molecule has 1 nitrogen and oxygen atoms in total. The smallest absolute Gasteiger partial charge is 0.125 e. The zero-order chi connectivity index (χ0) is 14.1. The van der Waals surface area contributed by atoms with E-state index in [1.807, 2.05) is 6.07 Å². The molecule has 1 fully saturated rings. The Morgan fingerprint density at radius 3 is 2.70 bits per heavy atom. The molecule has 0 unspecified atom stereocenters. The van der Waals surface area contributed by atoms with Gasteiger partial charge in [0.25, 0.3) is 0 Å². The highest BCUT2D eigenvalue weighted by Gasteiger charge is 2.25. The fourth-order valence-electron chi connectivity index (χ4n) is 2.38. The van der Waals surface area contributed by atoms with Gasteiger partial charge in [-0.1, -0.05) is 35.9 Å². The van der Waals surface area contributed by atoms with Crippen molar-refractivity contribution >= 4 is 33.2 Å². The molecule has 1 saturated carbocycles. The normalized spacial score (nSPS) is 14.3. The summed E-state index contributed by atoms with van der Waals surface area (Å²) >= 11 is 9.43. The Bertz CT molecular complexity index is 617. The summed E-state index contributed by atoms with van der Waals surface area (Å²) in [5, 5.41) is 3.69. The molecule has 1 aliphatic carbocycles. The van der Waals surface area contributed by atoms with Gasteiger partial charge in [-0.15, -0.1) is 0 Å². The first-order valence-electron chi connectivity index (χ1n) is 6.61. The van der Waals surface area contributed by atoms with Gasteiger partial charge in [0.2, 0.25) is 0 Å². The average molecular weight is 355 g/mol. The zero-order valence-electron chi connectivity index (χ0n) is 10.8. The van der Waals surface area contributed by atoms with Crippen LogP contribution in [0.2, 0.25) is 5.02 Å². The van der Waals surface area contributed by atoms with Crippen LogP contribution in [0.4, 0.5) is 10.1 Å². The van der Waals surface area contributed by atoms with Gasteiger partial charge < -0.3 is 5.32 Å². The first-order chi connectivity index (χ1) is 9.65. The summed E-state index contributed by atoms with van der Waals surface area (Å²) in [5.41, 5.74) is 3.43. The van der Waals surface area contributed by atoms with E-state index in [4.69, 9.17) is 11.6 Å². The molecule has 20 heavy (non-hydrogen) atoms. The minimum Gasteiger partial charge on any atom is -0.379 e. The molecule has 3 rings (SSSR count). The molecule has 0 bridgehead atoms. The van der Waals surface area contributed by atoms with E-state index in [1.54, 1.807) is 0 Å². The Hall–Kier alpha value is -1.06. The second-order valence-electron chi connectivity index (χ2n) is 5.07. The third-order valence-corrected chi connectivity index (χ3v) is 4.46. The first kappa shape index (κ1) is 13.9. The van der Waals surface area contributed by atoms with Gasteiger partial charge in [0, 0.05) is 11.0 Å². The van der Waals surface area contributed by atoms with Crippen molar-refractivity contribution in [2.75, 3.05) is 5.32 Å². The fraction of sp³-hybridized carbons (Fsp3) is 0.250. The molecule has 0 aliphatic heterocycles. The molecule has 0 spiro atoms. The number of hydrogen-bond donors (Lipinski definition) is 1. The maximum Gasteiger partial charge on any atom is 0.125 e. The molecule has 104 valence electrons. The van der Waals surface area contributed by atoms with Crippen molar-refractivity contribution in [3.63, 3.8) is 0 Å². The number of hydrogen-bond acceptors (Lipinski definition) is 1. The molecule has 0 radical (unpaired) electrons. The monoisotopic (exact) mass is 353 g/mol. The van der Waals surface area contributed by atoms with Crippen LogP contribution in [-0.2, 0) is 6.54 Å². The van der Waals surface area contributed by atoms with E-state index in [9.17, 15) is 4.39 Å². The van der Waals surface area contributed by atoms with Crippen molar-refractivity contribution in [3.05, 3.63) is 62.8 Å². The molecule has 0 aromatic heterocycles. The van der Waals surface area contributed by atoms with Gasteiger partial charge in [-0.3, -0.25) is 0 Å². The number of halogens is 3. The van der Waals surface area contributed by atoms with Crippen molar-refractivity contribution in [2.24, 2.45) is 0 Å². The van der Waals surface area contributed by atoms with E-state index in [2.05, 4.69) is 39.4 Å². The Labute approximate surface area is 131 Å². The van der Waals surface area contributed by atoms with Crippen LogP contribution >= 0.6 is 27.5 Å². The van der Waals surface area contributed by atoms with E-state index >= 15 is 0 Å². The predicted molar refractivity (Wildman–Crippen MR) is 84.9 cm³/mol. The highest BCUT2D eigenvalue weighted by atomic mass is 79.9. The molecule has 0 amide bonds. The molecular formula is C16H14BrClFN. The molecule has 0 atom stereocenters. The molecule has 2 aromatic rings. The van der Waals surface area contributed by atoms with Gasteiger partial charge in [0.05, 0.1) is 10.7 Å². The maximum atomic E-state index is 13.2. The van der Waals surface area contributed by atoms with Crippen LogP contribution in [0.15, 0.2) is 40.9 Å². The second kappa shape index (κ2) is 5.74. The number of anilines is 1. The van der Waals surface area contributed by atoms with Crippen molar-refractivity contribution in [2.45, 2.75) is 25.3 Å². The summed E-state index contributed by atoms with van der Waals surface area (Å²) < 4.78 is 13.9. The van der Waals surface area contributed by atoms with Crippen molar-refractivity contribution in [3.8, 4) is 0 Å². The molecule has 1 N–H and O–H groups in total. The van der Waals surface area contributed by atoms with Crippen LogP contribution < -0.4 is 5.32 Å². The average Bonchev–Trinajstić information content (AvgIpc) is 3.22. The number of benzene rings is 2. The molecular weight excluding hydrogens is 341 g/mol.